The Morgan fingerprint density at radius 3 is 2.42 bits per heavy atom. The van der Waals surface area contributed by atoms with Crippen LogP contribution < -0.4 is 5.32 Å². The van der Waals surface area contributed by atoms with Gasteiger partial charge in [-0.2, -0.15) is 0 Å². The molecule has 0 saturated carbocycles. The summed E-state index contributed by atoms with van der Waals surface area (Å²) in [7, 11) is 0. The summed E-state index contributed by atoms with van der Waals surface area (Å²) in [5, 5.41) is 3.08. The highest BCUT2D eigenvalue weighted by Crippen LogP contribution is 2.24. The van der Waals surface area contributed by atoms with Gasteiger partial charge in [0.15, 0.2) is 0 Å². The van der Waals surface area contributed by atoms with E-state index in [1.54, 1.807) is 11.8 Å². The van der Waals surface area contributed by atoms with Crippen LogP contribution >= 0.6 is 11.8 Å². The third kappa shape index (κ3) is 6.42. The maximum atomic E-state index is 13.1. The highest BCUT2D eigenvalue weighted by molar-refractivity contribution is 7.98. The lowest BCUT2D eigenvalue weighted by Gasteiger charge is -2.32. The zero-order valence-corrected chi connectivity index (χ0v) is 18.3. The van der Waals surface area contributed by atoms with E-state index in [4.69, 9.17) is 0 Å². The van der Waals surface area contributed by atoms with Gasteiger partial charge in [-0.15, -0.1) is 11.8 Å². The SMILES string of the molecule is O=C(Nc1ccc(CSc2ccccc2)cc1)C1CCCN(Cc2ccc(F)cc2)C1. The number of likely N-dealkylation sites (tertiary alicyclic amines) is 1. The van der Waals surface area contributed by atoms with Crippen LogP contribution in [0, 0.1) is 11.7 Å². The molecule has 3 aromatic rings. The van der Waals surface area contributed by atoms with Crippen LogP contribution in [0.4, 0.5) is 10.1 Å². The molecule has 4 rings (SSSR count). The van der Waals surface area contributed by atoms with Crippen LogP contribution in [0.5, 0.6) is 0 Å². The van der Waals surface area contributed by atoms with Crippen molar-refractivity contribution >= 4 is 23.4 Å². The van der Waals surface area contributed by atoms with Crippen LogP contribution in [0.15, 0.2) is 83.8 Å². The maximum Gasteiger partial charge on any atom is 0.228 e. The molecule has 1 aliphatic heterocycles. The molecule has 1 atom stereocenters. The van der Waals surface area contributed by atoms with Gasteiger partial charge in [-0.1, -0.05) is 42.5 Å². The summed E-state index contributed by atoms with van der Waals surface area (Å²) in [5.74, 6) is 0.737. The lowest BCUT2D eigenvalue weighted by atomic mass is 9.96. The topological polar surface area (TPSA) is 32.3 Å². The van der Waals surface area contributed by atoms with Crippen LogP contribution in [-0.2, 0) is 17.1 Å². The second kappa shape index (κ2) is 10.6. The van der Waals surface area contributed by atoms with Gasteiger partial charge in [-0.05, 0) is 66.9 Å². The van der Waals surface area contributed by atoms with Crippen molar-refractivity contribution in [3.63, 3.8) is 0 Å². The molecule has 160 valence electrons. The fraction of sp³-hybridized carbons (Fsp3) is 0.269. The lowest BCUT2D eigenvalue weighted by molar-refractivity contribution is -0.121. The van der Waals surface area contributed by atoms with Gasteiger partial charge in [0, 0.05) is 29.4 Å². The number of piperidine rings is 1. The minimum Gasteiger partial charge on any atom is -0.326 e. The second-order valence-corrected chi connectivity index (χ2v) is 9.04. The van der Waals surface area contributed by atoms with E-state index in [0.29, 0.717) is 0 Å². The van der Waals surface area contributed by atoms with Crippen molar-refractivity contribution in [3.8, 4) is 0 Å². The molecule has 31 heavy (non-hydrogen) atoms. The Morgan fingerprint density at radius 2 is 1.68 bits per heavy atom. The number of anilines is 1. The third-order valence-corrected chi connectivity index (χ3v) is 6.65. The van der Waals surface area contributed by atoms with Gasteiger partial charge in [-0.3, -0.25) is 9.69 Å². The molecule has 0 aromatic heterocycles. The fourth-order valence-corrected chi connectivity index (χ4v) is 4.75. The molecule has 1 N–H and O–H groups in total. The summed E-state index contributed by atoms with van der Waals surface area (Å²) in [6, 6.07) is 25.1. The van der Waals surface area contributed by atoms with Gasteiger partial charge in [0.05, 0.1) is 5.92 Å². The monoisotopic (exact) mass is 434 g/mol. The molecule has 1 heterocycles. The van der Waals surface area contributed by atoms with E-state index in [1.165, 1.54) is 22.6 Å². The molecule has 0 radical (unpaired) electrons. The average molecular weight is 435 g/mol. The fourth-order valence-electron chi connectivity index (χ4n) is 3.87. The van der Waals surface area contributed by atoms with Gasteiger partial charge in [0.2, 0.25) is 5.91 Å². The van der Waals surface area contributed by atoms with Crippen molar-refractivity contribution in [2.45, 2.75) is 30.0 Å². The van der Waals surface area contributed by atoms with E-state index >= 15 is 0 Å². The summed E-state index contributed by atoms with van der Waals surface area (Å²) in [6.07, 6.45) is 1.90. The van der Waals surface area contributed by atoms with Crippen LogP contribution in [0.2, 0.25) is 0 Å². The quantitative estimate of drug-likeness (QED) is 0.465. The predicted molar refractivity (Wildman–Crippen MR) is 125 cm³/mol. The third-order valence-electron chi connectivity index (χ3n) is 5.57. The van der Waals surface area contributed by atoms with E-state index in [1.807, 2.05) is 42.5 Å². The van der Waals surface area contributed by atoms with Crippen molar-refractivity contribution in [2.75, 3.05) is 18.4 Å². The number of carbonyl (C=O) groups excluding carboxylic acids is 1. The van der Waals surface area contributed by atoms with Crippen LogP contribution in [0.3, 0.4) is 0 Å². The first-order valence-corrected chi connectivity index (χ1v) is 11.7. The number of benzene rings is 3. The largest absolute Gasteiger partial charge is 0.326 e. The molecule has 1 unspecified atom stereocenters. The molecule has 3 nitrogen and oxygen atoms in total. The first-order valence-electron chi connectivity index (χ1n) is 10.7. The predicted octanol–water partition coefficient (Wildman–Crippen LogP) is 5.97. The first kappa shape index (κ1) is 21.6. The lowest BCUT2D eigenvalue weighted by Crippen LogP contribution is -2.40. The molecule has 0 bridgehead atoms. The van der Waals surface area contributed by atoms with Gasteiger partial charge < -0.3 is 5.32 Å². The van der Waals surface area contributed by atoms with Crippen molar-refractivity contribution in [2.24, 2.45) is 5.92 Å². The van der Waals surface area contributed by atoms with E-state index in [0.717, 1.165) is 49.5 Å². The van der Waals surface area contributed by atoms with E-state index in [-0.39, 0.29) is 17.6 Å². The minimum absolute atomic E-state index is 0.0255. The summed E-state index contributed by atoms with van der Waals surface area (Å²) in [5.41, 5.74) is 3.15. The molecule has 1 amide bonds. The highest BCUT2D eigenvalue weighted by Gasteiger charge is 2.25. The number of amides is 1. The number of nitrogens with zero attached hydrogens (tertiary/aromatic N) is 1. The molecule has 0 aliphatic carbocycles. The number of halogens is 1. The number of thioether (sulfide) groups is 1. The Labute approximate surface area is 187 Å². The minimum atomic E-state index is -0.218. The summed E-state index contributed by atoms with van der Waals surface area (Å²) < 4.78 is 13.1. The molecule has 1 saturated heterocycles. The van der Waals surface area contributed by atoms with Gasteiger partial charge in [0.25, 0.3) is 0 Å². The van der Waals surface area contributed by atoms with Crippen LogP contribution in [0.1, 0.15) is 24.0 Å². The Bertz CT molecular complexity index is 977. The molecular formula is C26H27FN2OS. The van der Waals surface area contributed by atoms with Gasteiger partial charge in [0.1, 0.15) is 5.82 Å². The van der Waals surface area contributed by atoms with Crippen molar-refractivity contribution in [1.82, 2.24) is 4.90 Å². The number of nitrogens with one attached hydrogen (secondary N) is 1. The van der Waals surface area contributed by atoms with Crippen LogP contribution in [0.25, 0.3) is 0 Å². The van der Waals surface area contributed by atoms with Crippen molar-refractivity contribution < 1.29 is 9.18 Å². The maximum absolute atomic E-state index is 13.1. The Hall–Kier alpha value is -2.63. The Kier molecular flexibility index (Phi) is 7.39. The molecule has 5 heteroatoms. The summed E-state index contributed by atoms with van der Waals surface area (Å²) in [6.45, 7) is 2.45. The van der Waals surface area contributed by atoms with Gasteiger partial charge in [-0.25, -0.2) is 4.39 Å². The highest BCUT2D eigenvalue weighted by atomic mass is 32.2. The molecule has 3 aromatic carbocycles. The smallest absolute Gasteiger partial charge is 0.228 e. The number of hydrogen-bond donors (Lipinski definition) is 1. The van der Waals surface area contributed by atoms with E-state index < -0.39 is 0 Å². The van der Waals surface area contributed by atoms with E-state index in [2.05, 4.69) is 34.5 Å². The van der Waals surface area contributed by atoms with Crippen LogP contribution in [-0.4, -0.2) is 23.9 Å². The Balaban J connectivity index is 1.27. The van der Waals surface area contributed by atoms with E-state index in [9.17, 15) is 9.18 Å². The van der Waals surface area contributed by atoms with Crippen molar-refractivity contribution in [1.29, 1.82) is 0 Å². The van der Waals surface area contributed by atoms with Gasteiger partial charge >= 0.3 is 0 Å². The normalized spacial score (nSPS) is 16.7. The second-order valence-electron chi connectivity index (χ2n) is 7.99. The molecule has 0 spiro atoms. The first-order chi connectivity index (χ1) is 15.2. The number of hydrogen-bond acceptors (Lipinski definition) is 3. The standard InChI is InChI=1S/C26H27FN2OS/c27-23-12-8-20(9-13-23)17-29-16-4-5-22(18-29)26(30)28-24-14-10-21(11-15-24)19-31-25-6-2-1-3-7-25/h1-3,6-15,22H,4-5,16-19H2,(H,28,30). The summed E-state index contributed by atoms with van der Waals surface area (Å²) in [4.78, 5) is 16.3. The average Bonchev–Trinajstić information content (AvgIpc) is 2.81. The molecule has 1 aliphatic rings. The molecule has 1 fully saturated rings. The zero-order chi connectivity index (χ0) is 21.5. The Morgan fingerprint density at radius 1 is 0.968 bits per heavy atom. The molecular weight excluding hydrogens is 407 g/mol. The zero-order valence-electron chi connectivity index (χ0n) is 17.5. The number of rotatable bonds is 7. The summed E-state index contributed by atoms with van der Waals surface area (Å²) >= 11 is 1.80. The number of carbonyl (C=O) groups is 1. The van der Waals surface area contributed by atoms with Crippen molar-refractivity contribution in [3.05, 3.63) is 95.8 Å².